The summed E-state index contributed by atoms with van der Waals surface area (Å²) in [6, 6.07) is 21.4. The maximum Gasteiger partial charge on any atom is 0.305 e. The van der Waals surface area contributed by atoms with E-state index < -0.39 is 8.32 Å². The quantitative estimate of drug-likeness (QED) is 0.176. The van der Waals surface area contributed by atoms with Crippen molar-refractivity contribution in [2.24, 2.45) is 0 Å². The van der Waals surface area contributed by atoms with Gasteiger partial charge in [-0.25, -0.2) is 0 Å². The Bertz CT molecular complexity index is 795. The molecule has 0 spiro atoms. The van der Waals surface area contributed by atoms with Crippen LogP contribution in [-0.2, 0) is 14.0 Å². The maximum absolute atomic E-state index is 11.9. The van der Waals surface area contributed by atoms with Gasteiger partial charge in [0.2, 0.25) is 0 Å². The molecule has 0 aromatic heterocycles. The molecule has 2 aromatic rings. The van der Waals surface area contributed by atoms with E-state index in [1.165, 1.54) is 10.4 Å². The molecule has 0 aliphatic rings. The van der Waals surface area contributed by atoms with Crippen LogP contribution in [0.5, 0.6) is 0 Å². The van der Waals surface area contributed by atoms with Gasteiger partial charge >= 0.3 is 5.97 Å². The Kier molecular flexibility index (Phi) is 10.7. The fraction of sp³-hybridized carbons (Fsp3) is 0.464. The van der Waals surface area contributed by atoms with Crippen LogP contribution in [0.3, 0.4) is 0 Å². The van der Waals surface area contributed by atoms with Crippen molar-refractivity contribution in [1.29, 1.82) is 0 Å². The normalized spacial score (nSPS) is 11.7. The van der Waals surface area contributed by atoms with Crippen LogP contribution in [0.15, 0.2) is 60.7 Å². The average Bonchev–Trinajstić information content (AvgIpc) is 2.79. The second-order valence-corrected chi connectivity index (χ2v) is 13.5. The summed E-state index contributed by atoms with van der Waals surface area (Å²) < 4.78 is 12.2. The molecule has 0 bridgehead atoms. The zero-order valence-corrected chi connectivity index (χ0v) is 20.9. The highest BCUT2D eigenvalue weighted by Crippen LogP contribution is 2.36. The van der Waals surface area contributed by atoms with Crippen molar-refractivity contribution in [2.75, 3.05) is 13.2 Å². The summed E-state index contributed by atoms with van der Waals surface area (Å²) in [4.78, 5) is 11.9. The molecule has 0 N–H and O–H groups in total. The first-order chi connectivity index (χ1) is 15.4. The number of carbonyl (C=O) groups is 1. The highest BCUT2D eigenvalue weighted by atomic mass is 28.4. The Morgan fingerprint density at radius 2 is 1.41 bits per heavy atom. The molecule has 32 heavy (non-hydrogen) atoms. The van der Waals surface area contributed by atoms with Crippen molar-refractivity contribution in [3.05, 3.63) is 60.7 Å². The zero-order valence-electron chi connectivity index (χ0n) is 19.9. The Labute approximate surface area is 195 Å². The average molecular weight is 451 g/mol. The molecule has 0 heterocycles. The number of hydrogen-bond acceptors (Lipinski definition) is 3. The van der Waals surface area contributed by atoms with Crippen LogP contribution in [0, 0.1) is 12.3 Å². The molecular formula is C28H38O3Si. The van der Waals surface area contributed by atoms with Crippen LogP contribution in [0.2, 0.25) is 5.04 Å². The molecule has 0 saturated carbocycles. The number of hydrogen-bond donors (Lipinski definition) is 0. The van der Waals surface area contributed by atoms with Crippen molar-refractivity contribution < 1.29 is 14.0 Å². The predicted molar refractivity (Wildman–Crippen MR) is 136 cm³/mol. The van der Waals surface area contributed by atoms with Crippen LogP contribution < -0.4 is 10.4 Å². The van der Waals surface area contributed by atoms with Crippen molar-refractivity contribution in [2.45, 2.75) is 70.8 Å². The molecule has 0 aliphatic heterocycles. The molecule has 0 fully saturated rings. The summed E-state index contributed by atoms with van der Waals surface area (Å²) in [5.74, 6) is 2.49. The lowest BCUT2D eigenvalue weighted by Gasteiger charge is -2.43. The van der Waals surface area contributed by atoms with Crippen LogP contribution in [0.4, 0.5) is 0 Å². The second-order valence-electron chi connectivity index (χ2n) is 9.20. The van der Waals surface area contributed by atoms with E-state index in [4.69, 9.17) is 15.6 Å². The van der Waals surface area contributed by atoms with Gasteiger partial charge in [-0.15, -0.1) is 12.3 Å². The smallest absolute Gasteiger partial charge is 0.305 e. The largest absolute Gasteiger partial charge is 0.466 e. The minimum Gasteiger partial charge on any atom is -0.466 e. The maximum atomic E-state index is 11.9. The summed E-state index contributed by atoms with van der Waals surface area (Å²) in [6.07, 6.45) is 10.9. The predicted octanol–water partition coefficient (Wildman–Crippen LogP) is 5.47. The third-order valence-corrected chi connectivity index (χ3v) is 10.8. The number of benzene rings is 2. The van der Waals surface area contributed by atoms with Gasteiger partial charge in [0.1, 0.15) is 0 Å². The molecule has 0 atom stereocenters. The lowest BCUT2D eigenvalue weighted by molar-refractivity contribution is -0.143. The lowest BCUT2D eigenvalue weighted by atomic mass is 10.2. The molecule has 0 unspecified atom stereocenters. The molecule has 0 radical (unpaired) electrons. The van der Waals surface area contributed by atoms with E-state index in [9.17, 15) is 4.79 Å². The number of ether oxygens (including phenoxy) is 1. The first-order valence-corrected chi connectivity index (χ1v) is 13.7. The number of carbonyl (C=O) groups excluding carboxylic acids is 1. The fourth-order valence-electron chi connectivity index (χ4n) is 4.12. The second kappa shape index (κ2) is 13.3. The summed E-state index contributed by atoms with van der Waals surface area (Å²) in [5, 5.41) is 2.58. The Balaban J connectivity index is 1.92. The summed E-state index contributed by atoms with van der Waals surface area (Å²) in [6.45, 7) is 8.03. The van der Waals surface area contributed by atoms with Gasteiger partial charge in [0.15, 0.2) is 0 Å². The Hall–Kier alpha value is -2.35. The van der Waals surface area contributed by atoms with E-state index in [-0.39, 0.29) is 11.0 Å². The van der Waals surface area contributed by atoms with Crippen LogP contribution in [0.1, 0.15) is 65.7 Å². The zero-order chi connectivity index (χ0) is 23.3. The standard InChI is InChI=1S/C28H38O3Si/c1-5-6-7-16-23-30-27(29)22-15-10-17-24-31-32(28(2,3)4,25-18-11-8-12-19-25)26-20-13-9-14-21-26/h1,8-9,11-14,18-21H,6-7,10,15-17,22-24H2,2-4H3. The van der Waals surface area contributed by atoms with Crippen LogP contribution >= 0.6 is 0 Å². The van der Waals surface area contributed by atoms with E-state index >= 15 is 0 Å². The molecular weight excluding hydrogens is 412 g/mol. The summed E-state index contributed by atoms with van der Waals surface area (Å²) in [5.41, 5.74) is 0. The number of rotatable bonds is 13. The first-order valence-electron chi connectivity index (χ1n) is 11.8. The number of terminal acetylenes is 1. The third-order valence-electron chi connectivity index (χ3n) is 5.74. The summed E-state index contributed by atoms with van der Waals surface area (Å²) in [7, 11) is -2.47. The monoisotopic (exact) mass is 450 g/mol. The number of unbranched alkanes of at least 4 members (excludes halogenated alkanes) is 4. The van der Waals surface area contributed by atoms with Gasteiger partial charge in [0.25, 0.3) is 8.32 Å². The van der Waals surface area contributed by atoms with Crippen molar-refractivity contribution in [3.8, 4) is 12.3 Å². The van der Waals surface area contributed by atoms with E-state index in [0.717, 1.165) is 38.5 Å². The minimum absolute atomic E-state index is 0.0149. The molecule has 172 valence electrons. The highest BCUT2D eigenvalue weighted by Gasteiger charge is 2.49. The van der Waals surface area contributed by atoms with Crippen LogP contribution in [0.25, 0.3) is 0 Å². The van der Waals surface area contributed by atoms with Gasteiger partial charge in [-0.1, -0.05) is 87.9 Å². The van der Waals surface area contributed by atoms with E-state index in [2.05, 4.69) is 87.4 Å². The van der Waals surface area contributed by atoms with Crippen LogP contribution in [-0.4, -0.2) is 27.5 Å². The first kappa shape index (κ1) is 25.9. The SMILES string of the molecule is C#CCCCCOC(=O)CCCCCO[Si](c1ccccc1)(c1ccccc1)C(C)(C)C. The van der Waals surface area contributed by atoms with Gasteiger partial charge in [-0.05, 0) is 41.1 Å². The topological polar surface area (TPSA) is 35.5 Å². The molecule has 2 aromatic carbocycles. The lowest BCUT2D eigenvalue weighted by Crippen LogP contribution is -2.66. The van der Waals surface area contributed by atoms with Gasteiger partial charge in [0, 0.05) is 19.4 Å². The van der Waals surface area contributed by atoms with Gasteiger partial charge in [-0.3, -0.25) is 4.79 Å². The van der Waals surface area contributed by atoms with E-state index in [1.807, 2.05) is 0 Å². The molecule has 3 nitrogen and oxygen atoms in total. The molecule has 0 saturated heterocycles. The Morgan fingerprint density at radius 1 is 0.844 bits per heavy atom. The van der Waals surface area contributed by atoms with Crippen molar-refractivity contribution in [3.63, 3.8) is 0 Å². The van der Waals surface area contributed by atoms with Crippen molar-refractivity contribution in [1.82, 2.24) is 0 Å². The molecule has 0 aliphatic carbocycles. The fourth-order valence-corrected chi connectivity index (χ4v) is 8.73. The Morgan fingerprint density at radius 3 is 1.94 bits per heavy atom. The molecule has 4 heteroatoms. The van der Waals surface area contributed by atoms with Gasteiger partial charge in [0.05, 0.1) is 6.61 Å². The van der Waals surface area contributed by atoms with E-state index in [1.54, 1.807) is 0 Å². The number of esters is 1. The van der Waals surface area contributed by atoms with Crippen molar-refractivity contribution >= 4 is 24.7 Å². The molecule has 0 amide bonds. The highest BCUT2D eigenvalue weighted by molar-refractivity contribution is 6.99. The van der Waals surface area contributed by atoms with Gasteiger partial charge < -0.3 is 9.16 Å². The summed E-state index contributed by atoms with van der Waals surface area (Å²) >= 11 is 0. The third kappa shape index (κ3) is 7.36. The minimum atomic E-state index is -2.47. The molecule has 2 rings (SSSR count). The van der Waals surface area contributed by atoms with E-state index in [0.29, 0.717) is 19.6 Å². The van der Waals surface area contributed by atoms with Gasteiger partial charge in [-0.2, -0.15) is 0 Å².